The molecule has 1 heterocycles. The Labute approximate surface area is 179 Å². The van der Waals surface area contributed by atoms with E-state index in [0.29, 0.717) is 12.5 Å². The summed E-state index contributed by atoms with van der Waals surface area (Å²) in [6.45, 7) is 4.58. The van der Waals surface area contributed by atoms with E-state index in [0.717, 1.165) is 36.6 Å². The van der Waals surface area contributed by atoms with Gasteiger partial charge >= 0.3 is 6.03 Å². The lowest BCUT2D eigenvalue weighted by Crippen LogP contribution is -2.40. The van der Waals surface area contributed by atoms with Crippen molar-refractivity contribution in [1.29, 1.82) is 0 Å². The lowest BCUT2D eigenvalue weighted by atomic mass is 10.1. The average molecular weight is 420 g/mol. The van der Waals surface area contributed by atoms with Crippen LogP contribution in [0.1, 0.15) is 24.9 Å². The first-order chi connectivity index (χ1) is 13.6. The van der Waals surface area contributed by atoms with Crippen LogP contribution >= 0.6 is 12.4 Å². The van der Waals surface area contributed by atoms with Crippen molar-refractivity contribution in [1.82, 2.24) is 10.6 Å². The van der Waals surface area contributed by atoms with Crippen LogP contribution < -0.4 is 25.0 Å². The molecular formula is C22H30ClN3O3. The Kier molecular flexibility index (Phi) is 8.46. The molecule has 0 radical (unpaired) electrons. The van der Waals surface area contributed by atoms with E-state index in [4.69, 9.17) is 9.47 Å². The first-order valence-corrected chi connectivity index (χ1v) is 9.67. The van der Waals surface area contributed by atoms with Crippen molar-refractivity contribution >= 4 is 24.1 Å². The van der Waals surface area contributed by atoms with Gasteiger partial charge < -0.3 is 25.0 Å². The molecule has 7 heteroatoms. The second kappa shape index (κ2) is 10.8. The number of methoxy groups -OCH3 is 2. The number of carbonyl (C=O) groups excluding carboxylic acids is 1. The smallest absolute Gasteiger partial charge is 0.315 e. The highest BCUT2D eigenvalue weighted by atomic mass is 35.5. The zero-order chi connectivity index (χ0) is 19.9. The second-order valence-electron chi connectivity index (χ2n) is 7.12. The first-order valence-electron chi connectivity index (χ1n) is 9.67. The van der Waals surface area contributed by atoms with Gasteiger partial charge in [-0.15, -0.1) is 12.4 Å². The molecule has 1 aliphatic heterocycles. The fraction of sp³-hybridized carbons (Fsp3) is 0.409. The van der Waals surface area contributed by atoms with Crippen LogP contribution in [0.5, 0.6) is 11.5 Å². The van der Waals surface area contributed by atoms with Gasteiger partial charge in [0.15, 0.2) is 0 Å². The molecule has 2 aromatic rings. The number of ether oxygens (including phenoxy) is 2. The zero-order valence-corrected chi connectivity index (χ0v) is 18.0. The van der Waals surface area contributed by atoms with Crippen LogP contribution in [0.25, 0.3) is 0 Å². The van der Waals surface area contributed by atoms with Gasteiger partial charge in [0, 0.05) is 30.9 Å². The van der Waals surface area contributed by atoms with Crippen LogP contribution in [0.15, 0.2) is 48.5 Å². The van der Waals surface area contributed by atoms with E-state index in [1.54, 1.807) is 14.2 Å². The van der Waals surface area contributed by atoms with Gasteiger partial charge in [-0.3, -0.25) is 0 Å². The number of nitrogens with one attached hydrogen (secondary N) is 2. The van der Waals surface area contributed by atoms with E-state index in [-0.39, 0.29) is 24.5 Å². The number of hydrogen-bond donors (Lipinski definition) is 2. The summed E-state index contributed by atoms with van der Waals surface area (Å²) in [4.78, 5) is 14.8. The standard InChI is InChI=1S/C22H29N3O3.ClH/c1-16(20-13-19(27-2)9-10-21(20)28-3)24-22(26)23-14-17-11-12-25(15-17)18-7-5-4-6-8-18;/h4-10,13,16-17H,11-12,14-15H2,1-3H3,(H2,23,24,26);1H. The molecule has 2 unspecified atom stereocenters. The van der Waals surface area contributed by atoms with Gasteiger partial charge in [-0.25, -0.2) is 4.79 Å². The number of hydrogen-bond acceptors (Lipinski definition) is 4. The SMILES string of the molecule is COc1ccc(OC)c(C(C)NC(=O)NCC2CCN(c3ccccc3)C2)c1.Cl. The minimum absolute atomic E-state index is 0. The summed E-state index contributed by atoms with van der Waals surface area (Å²) in [5.41, 5.74) is 2.13. The number of urea groups is 1. The lowest BCUT2D eigenvalue weighted by molar-refractivity contribution is 0.236. The van der Waals surface area contributed by atoms with Gasteiger partial charge in [-0.1, -0.05) is 18.2 Å². The van der Waals surface area contributed by atoms with Crippen LogP contribution in [-0.2, 0) is 0 Å². The van der Waals surface area contributed by atoms with Crippen LogP contribution in [0.3, 0.4) is 0 Å². The minimum atomic E-state index is -0.200. The summed E-state index contributed by atoms with van der Waals surface area (Å²) in [5, 5.41) is 6.00. The molecule has 1 fully saturated rings. The Bertz CT molecular complexity index is 788. The van der Waals surface area contributed by atoms with E-state index in [1.807, 2.05) is 31.2 Å². The Morgan fingerprint density at radius 1 is 1.17 bits per heavy atom. The van der Waals surface area contributed by atoms with Gasteiger partial charge in [-0.05, 0) is 49.6 Å². The van der Waals surface area contributed by atoms with Gasteiger partial charge in [-0.2, -0.15) is 0 Å². The molecule has 2 amide bonds. The van der Waals surface area contributed by atoms with Crippen molar-refractivity contribution in [2.75, 3.05) is 38.8 Å². The number of amides is 2. The molecule has 0 aliphatic carbocycles. The molecule has 0 spiro atoms. The molecule has 29 heavy (non-hydrogen) atoms. The Morgan fingerprint density at radius 3 is 2.62 bits per heavy atom. The number of nitrogens with zero attached hydrogens (tertiary/aromatic N) is 1. The third-order valence-corrected chi connectivity index (χ3v) is 5.21. The van der Waals surface area contributed by atoms with Gasteiger partial charge in [0.25, 0.3) is 0 Å². The van der Waals surface area contributed by atoms with Crippen LogP contribution in [0.4, 0.5) is 10.5 Å². The number of carbonyl (C=O) groups is 1. The number of rotatable bonds is 7. The summed E-state index contributed by atoms with van der Waals surface area (Å²) in [7, 11) is 3.24. The van der Waals surface area contributed by atoms with Gasteiger partial charge in [0.2, 0.25) is 0 Å². The maximum absolute atomic E-state index is 12.4. The molecule has 3 rings (SSSR count). The molecule has 0 bridgehead atoms. The molecule has 1 saturated heterocycles. The monoisotopic (exact) mass is 419 g/mol. The Balaban J connectivity index is 0.00000300. The van der Waals surface area contributed by atoms with Crippen molar-refractivity contribution in [3.05, 3.63) is 54.1 Å². The number of benzene rings is 2. The fourth-order valence-electron chi connectivity index (χ4n) is 3.61. The van der Waals surface area contributed by atoms with E-state index in [1.165, 1.54) is 5.69 Å². The van der Waals surface area contributed by atoms with E-state index in [2.05, 4.69) is 39.8 Å². The van der Waals surface area contributed by atoms with Crippen molar-refractivity contribution < 1.29 is 14.3 Å². The highest BCUT2D eigenvalue weighted by Crippen LogP contribution is 2.29. The third kappa shape index (κ3) is 5.94. The Morgan fingerprint density at radius 2 is 1.93 bits per heavy atom. The number of para-hydroxylation sites is 1. The number of anilines is 1. The van der Waals surface area contributed by atoms with Crippen molar-refractivity contribution in [3.63, 3.8) is 0 Å². The first kappa shape index (κ1) is 22.7. The molecule has 2 atom stereocenters. The van der Waals surface area contributed by atoms with Crippen LogP contribution in [-0.4, -0.2) is 39.9 Å². The highest BCUT2D eigenvalue weighted by Gasteiger charge is 2.23. The van der Waals surface area contributed by atoms with E-state index < -0.39 is 0 Å². The summed E-state index contributed by atoms with van der Waals surface area (Å²) >= 11 is 0. The fourth-order valence-corrected chi connectivity index (χ4v) is 3.61. The lowest BCUT2D eigenvalue weighted by Gasteiger charge is -2.20. The highest BCUT2D eigenvalue weighted by molar-refractivity contribution is 5.85. The molecule has 6 nitrogen and oxygen atoms in total. The predicted octanol–water partition coefficient (Wildman–Crippen LogP) is 4.01. The molecule has 2 N–H and O–H groups in total. The molecular weight excluding hydrogens is 390 g/mol. The van der Waals surface area contributed by atoms with Crippen molar-refractivity contribution in [2.24, 2.45) is 5.92 Å². The largest absolute Gasteiger partial charge is 0.497 e. The van der Waals surface area contributed by atoms with Gasteiger partial charge in [0.1, 0.15) is 11.5 Å². The molecule has 2 aromatic carbocycles. The third-order valence-electron chi connectivity index (χ3n) is 5.21. The maximum Gasteiger partial charge on any atom is 0.315 e. The molecule has 0 aromatic heterocycles. The summed E-state index contributed by atoms with van der Waals surface area (Å²) in [5.74, 6) is 1.91. The van der Waals surface area contributed by atoms with E-state index in [9.17, 15) is 4.79 Å². The summed E-state index contributed by atoms with van der Waals surface area (Å²) in [6.07, 6.45) is 1.08. The van der Waals surface area contributed by atoms with Crippen LogP contribution in [0.2, 0.25) is 0 Å². The normalized spacial score (nSPS) is 16.5. The maximum atomic E-state index is 12.4. The molecule has 1 aliphatic rings. The van der Waals surface area contributed by atoms with Crippen molar-refractivity contribution in [3.8, 4) is 11.5 Å². The second-order valence-corrected chi connectivity index (χ2v) is 7.12. The minimum Gasteiger partial charge on any atom is -0.497 e. The van der Waals surface area contributed by atoms with Crippen LogP contribution in [0, 0.1) is 5.92 Å². The topological polar surface area (TPSA) is 62.8 Å². The zero-order valence-electron chi connectivity index (χ0n) is 17.2. The molecule has 0 saturated carbocycles. The average Bonchev–Trinajstić information content (AvgIpc) is 3.21. The summed E-state index contributed by atoms with van der Waals surface area (Å²) < 4.78 is 10.7. The summed E-state index contributed by atoms with van der Waals surface area (Å²) in [6, 6.07) is 15.6. The molecule has 158 valence electrons. The van der Waals surface area contributed by atoms with Gasteiger partial charge in [0.05, 0.1) is 20.3 Å². The Hall–Kier alpha value is -2.60. The van der Waals surface area contributed by atoms with E-state index >= 15 is 0 Å². The van der Waals surface area contributed by atoms with Crippen molar-refractivity contribution in [2.45, 2.75) is 19.4 Å². The quantitative estimate of drug-likeness (QED) is 0.711. The number of halogens is 1. The predicted molar refractivity (Wildman–Crippen MR) is 119 cm³/mol.